The Morgan fingerprint density at radius 2 is 2.08 bits per heavy atom. The predicted molar refractivity (Wildman–Crippen MR) is 100 cm³/mol. The SMILES string of the molecule is CCCC(=O)N1CC[C@@]2(O)CCCC[C@@H]2[C@@H]1c1cc(OC)ccc1OC. The summed E-state index contributed by atoms with van der Waals surface area (Å²) in [5.41, 5.74) is 0.251. The van der Waals surface area contributed by atoms with Crippen LogP contribution in [0.25, 0.3) is 0 Å². The third-order valence-corrected chi connectivity index (χ3v) is 6.11. The molecular formula is C21H31NO4. The van der Waals surface area contributed by atoms with Gasteiger partial charge in [0.05, 0.1) is 25.9 Å². The van der Waals surface area contributed by atoms with E-state index >= 15 is 0 Å². The molecule has 144 valence electrons. The van der Waals surface area contributed by atoms with Crippen LogP contribution in [0.4, 0.5) is 0 Å². The van der Waals surface area contributed by atoms with E-state index in [0.717, 1.165) is 49.2 Å². The van der Waals surface area contributed by atoms with Gasteiger partial charge in [-0.3, -0.25) is 4.79 Å². The van der Waals surface area contributed by atoms with Crippen LogP contribution in [0.3, 0.4) is 0 Å². The summed E-state index contributed by atoms with van der Waals surface area (Å²) in [6, 6.07) is 5.57. The van der Waals surface area contributed by atoms with Crippen molar-refractivity contribution in [3.05, 3.63) is 23.8 Å². The lowest BCUT2D eigenvalue weighted by molar-refractivity contribution is -0.155. The van der Waals surface area contributed by atoms with Crippen LogP contribution in [0, 0.1) is 5.92 Å². The van der Waals surface area contributed by atoms with Gasteiger partial charge in [0.25, 0.3) is 0 Å². The number of carbonyl (C=O) groups is 1. The van der Waals surface area contributed by atoms with E-state index in [1.807, 2.05) is 30.0 Å². The third kappa shape index (κ3) is 3.41. The zero-order valence-corrected chi connectivity index (χ0v) is 16.2. The summed E-state index contributed by atoms with van der Waals surface area (Å²) in [6.07, 6.45) is 5.91. The molecule has 2 aliphatic rings. The Kier molecular flexibility index (Phi) is 5.76. The number of ether oxygens (including phenoxy) is 2. The normalized spacial score (nSPS) is 28.4. The number of carbonyl (C=O) groups excluding carboxylic acids is 1. The molecule has 1 heterocycles. The highest BCUT2D eigenvalue weighted by Crippen LogP contribution is 2.51. The first-order valence-corrected chi connectivity index (χ1v) is 9.78. The predicted octanol–water partition coefficient (Wildman–Crippen LogP) is 3.70. The lowest BCUT2D eigenvalue weighted by atomic mass is 9.66. The Hall–Kier alpha value is -1.75. The minimum Gasteiger partial charge on any atom is -0.497 e. The molecule has 1 aliphatic carbocycles. The summed E-state index contributed by atoms with van der Waals surface area (Å²) in [5.74, 6) is 1.69. The highest BCUT2D eigenvalue weighted by molar-refractivity contribution is 5.77. The molecule has 1 aromatic carbocycles. The fourth-order valence-electron chi connectivity index (χ4n) is 4.77. The Morgan fingerprint density at radius 3 is 2.77 bits per heavy atom. The number of rotatable bonds is 5. The fraction of sp³-hybridized carbons (Fsp3) is 0.667. The largest absolute Gasteiger partial charge is 0.497 e. The van der Waals surface area contributed by atoms with Gasteiger partial charge in [-0.1, -0.05) is 19.8 Å². The van der Waals surface area contributed by atoms with Crippen LogP contribution >= 0.6 is 0 Å². The molecule has 3 rings (SSSR count). The molecule has 1 aromatic rings. The zero-order valence-electron chi connectivity index (χ0n) is 16.2. The smallest absolute Gasteiger partial charge is 0.223 e. The van der Waals surface area contributed by atoms with Gasteiger partial charge in [-0.25, -0.2) is 0 Å². The number of hydrogen-bond donors (Lipinski definition) is 1. The highest BCUT2D eigenvalue weighted by Gasteiger charge is 2.50. The number of hydrogen-bond acceptors (Lipinski definition) is 4. The number of aliphatic hydroxyl groups is 1. The van der Waals surface area contributed by atoms with Gasteiger partial charge >= 0.3 is 0 Å². The molecule has 1 N–H and O–H groups in total. The van der Waals surface area contributed by atoms with E-state index in [9.17, 15) is 9.90 Å². The molecule has 1 saturated heterocycles. The lowest BCUT2D eigenvalue weighted by Crippen LogP contribution is -2.56. The number of fused-ring (bicyclic) bond motifs is 1. The van der Waals surface area contributed by atoms with Crippen molar-refractivity contribution in [1.82, 2.24) is 4.90 Å². The van der Waals surface area contributed by atoms with E-state index in [0.29, 0.717) is 19.4 Å². The molecule has 0 aromatic heterocycles. The molecule has 0 spiro atoms. The topological polar surface area (TPSA) is 59.0 Å². The molecule has 2 fully saturated rings. The third-order valence-electron chi connectivity index (χ3n) is 6.11. The summed E-state index contributed by atoms with van der Waals surface area (Å²) in [4.78, 5) is 14.9. The summed E-state index contributed by atoms with van der Waals surface area (Å²) in [5, 5.41) is 11.3. The number of nitrogens with zero attached hydrogens (tertiary/aromatic N) is 1. The maximum Gasteiger partial charge on any atom is 0.223 e. The van der Waals surface area contributed by atoms with Gasteiger partial charge in [-0.05, 0) is 43.9 Å². The second-order valence-corrected chi connectivity index (χ2v) is 7.60. The van der Waals surface area contributed by atoms with Gasteiger partial charge in [0, 0.05) is 24.4 Å². The van der Waals surface area contributed by atoms with Crippen molar-refractivity contribution in [2.45, 2.75) is 63.5 Å². The minimum absolute atomic E-state index is 0.0341. The molecule has 0 radical (unpaired) electrons. The van der Waals surface area contributed by atoms with E-state index in [1.54, 1.807) is 14.2 Å². The quantitative estimate of drug-likeness (QED) is 0.869. The average Bonchev–Trinajstić information content (AvgIpc) is 2.66. The first-order valence-electron chi connectivity index (χ1n) is 9.78. The van der Waals surface area contributed by atoms with Crippen molar-refractivity contribution in [2.75, 3.05) is 20.8 Å². The standard InChI is InChI=1S/C21H31NO4/c1-4-7-19(23)22-13-12-21(24)11-6-5-8-17(21)20(22)16-14-15(25-2)9-10-18(16)26-3/h9-10,14,17,20,24H,4-8,11-13H2,1-3H3/t17-,20+,21+/m1/s1. The molecule has 1 saturated carbocycles. The first kappa shape index (κ1) is 19.0. The van der Waals surface area contributed by atoms with E-state index < -0.39 is 5.60 Å². The van der Waals surface area contributed by atoms with Gasteiger partial charge in [0.15, 0.2) is 0 Å². The second kappa shape index (κ2) is 7.87. The summed E-state index contributed by atoms with van der Waals surface area (Å²) < 4.78 is 11.1. The summed E-state index contributed by atoms with van der Waals surface area (Å²) in [7, 11) is 3.29. The monoisotopic (exact) mass is 361 g/mol. The second-order valence-electron chi connectivity index (χ2n) is 7.60. The van der Waals surface area contributed by atoms with Crippen molar-refractivity contribution in [2.24, 2.45) is 5.92 Å². The van der Waals surface area contributed by atoms with Gasteiger partial charge in [-0.2, -0.15) is 0 Å². The Labute approximate surface area is 156 Å². The number of amides is 1. The van der Waals surface area contributed by atoms with E-state index in [2.05, 4.69) is 0 Å². The molecular weight excluding hydrogens is 330 g/mol. The first-order chi connectivity index (χ1) is 12.5. The molecule has 0 unspecified atom stereocenters. The Bertz CT molecular complexity index is 647. The molecule has 3 atom stereocenters. The maximum absolute atomic E-state index is 12.9. The lowest BCUT2D eigenvalue weighted by Gasteiger charge is -2.52. The van der Waals surface area contributed by atoms with Crippen LogP contribution in [0.15, 0.2) is 18.2 Å². The Morgan fingerprint density at radius 1 is 1.27 bits per heavy atom. The van der Waals surface area contributed by atoms with Gasteiger partial charge in [0.1, 0.15) is 11.5 Å². The van der Waals surface area contributed by atoms with E-state index in [-0.39, 0.29) is 17.9 Å². The molecule has 26 heavy (non-hydrogen) atoms. The minimum atomic E-state index is -0.694. The van der Waals surface area contributed by atoms with E-state index in [4.69, 9.17) is 9.47 Å². The van der Waals surface area contributed by atoms with Crippen LogP contribution in [-0.2, 0) is 4.79 Å². The van der Waals surface area contributed by atoms with Crippen molar-refractivity contribution in [1.29, 1.82) is 0 Å². The molecule has 5 heteroatoms. The average molecular weight is 361 g/mol. The number of benzene rings is 1. The molecule has 1 aliphatic heterocycles. The molecule has 0 bridgehead atoms. The number of likely N-dealkylation sites (tertiary alicyclic amines) is 1. The van der Waals surface area contributed by atoms with Crippen LogP contribution in [-0.4, -0.2) is 42.3 Å². The number of methoxy groups -OCH3 is 2. The van der Waals surface area contributed by atoms with Crippen LogP contribution in [0.2, 0.25) is 0 Å². The summed E-state index contributed by atoms with van der Waals surface area (Å²) >= 11 is 0. The number of piperidine rings is 1. The van der Waals surface area contributed by atoms with Crippen molar-refractivity contribution in [3.63, 3.8) is 0 Å². The van der Waals surface area contributed by atoms with Crippen LogP contribution < -0.4 is 9.47 Å². The summed E-state index contributed by atoms with van der Waals surface area (Å²) in [6.45, 7) is 2.62. The fourth-order valence-corrected chi connectivity index (χ4v) is 4.77. The van der Waals surface area contributed by atoms with Crippen molar-refractivity contribution in [3.8, 4) is 11.5 Å². The zero-order chi connectivity index (χ0) is 18.7. The molecule has 5 nitrogen and oxygen atoms in total. The van der Waals surface area contributed by atoms with E-state index in [1.165, 1.54) is 0 Å². The Balaban J connectivity index is 2.08. The van der Waals surface area contributed by atoms with Crippen LogP contribution in [0.1, 0.15) is 63.5 Å². The molecule has 1 amide bonds. The van der Waals surface area contributed by atoms with Gasteiger partial charge < -0.3 is 19.5 Å². The maximum atomic E-state index is 12.9. The van der Waals surface area contributed by atoms with Crippen molar-refractivity contribution >= 4 is 5.91 Å². The van der Waals surface area contributed by atoms with Crippen molar-refractivity contribution < 1.29 is 19.4 Å². The highest BCUT2D eigenvalue weighted by atomic mass is 16.5. The van der Waals surface area contributed by atoms with Gasteiger partial charge in [0.2, 0.25) is 5.91 Å². The van der Waals surface area contributed by atoms with Gasteiger partial charge in [-0.15, -0.1) is 0 Å². The van der Waals surface area contributed by atoms with Crippen LogP contribution in [0.5, 0.6) is 11.5 Å².